The highest BCUT2D eigenvalue weighted by Gasteiger charge is 2.24. The number of hydrogen-bond acceptors (Lipinski definition) is 6. The van der Waals surface area contributed by atoms with Gasteiger partial charge < -0.3 is 20.9 Å². The molecule has 4 aromatic rings. The first-order valence-corrected chi connectivity index (χ1v) is 11.1. The van der Waals surface area contributed by atoms with Crippen molar-refractivity contribution in [3.63, 3.8) is 0 Å². The fourth-order valence-corrected chi connectivity index (χ4v) is 3.65. The molecule has 9 nitrogen and oxygen atoms in total. The zero-order chi connectivity index (χ0) is 25.8. The SMILES string of the molecule is O=C1Nc2cc(C=CCNC(=O)c3cncc(Nc4ccc(F)c(F)c4)n3)ccc2C1=Cc1cnc[nH]1. The summed E-state index contributed by atoms with van der Waals surface area (Å²) in [5.41, 5.74) is 3.93. The van der Waals surface area contributed by atoms with E-state index in [0.717, 1.165) is 29.0 Å². The van der Waals surface area contributed by atoms with Crippen LogP contribution < -0.4 is 16.0 Å². The number of aromatic nitrogens is 4. The zero-order valence-electron chi connectivity index (χ0n) is 19.1. The molecule has 4 N–H and O–H groups in total. The van der Waals surface area contributed by atoms with Crippen molar-refractivity contribution in [3.8, 4) is 0 Å². The maximum atomic E-state index is 13.4. The fourth-order valence-electron chi connectivity index (χ4n) is 3.65. The molecule has 0 spiro atoms. The van der Waals surface area contributed by atoms with Gasteiger partial charge in [0.1, 0.15) is 11.5 Å². The van der Waals surface area contributed by atoms with E-state index in [1.54, 1.807) is 24.7 Å². The van der Waals surface area contributed by atoms with E-state index in [1.165, 1.54) is 18.5 Å². The second kappa shape index (κ2) is 10.2. The van der Waals surface area contributed by atoms with Crippen molar-refractivity contribution in [1.29, 1.82) is 0 Å². The Bertz CT molecular complexity index is 1550. The van der Waals surface area contributed by atoms with Crippen LogP contribution in [0.3, 0.4) is 0 Å². The molecule has 5 rings (SSSR count). The average molecular weight is 499 g/mol. The lowest BCUT2D eigenvalue weighted by Gasteiger charge is -2.07. The third kappa shape index (κ3) is 5.40. The average Bonchev–Trinajstić information content (AvgIpc) is 3.52. The summed E-state index contributed by atoms with van der Waals surface area (Å²) in [6, 6.07) is 8.89. The molecule has 2 aromatic carbocycles. The van der Waals surface area contributed by atoms with Gasteiger partial charge in [-0.05, 0) is 29.8 Å². The summed E-state index contributed by atoms with van der Waals surface area (Å²) < 4.78 is 26.5. The number of imidazole rings is 1. The van der Waals surface area contributed by atoms with Gasteiger partial charge in [0.2, 0.25) is 0 Å². The predicted octanol–water partition coefficient (Wildman–Crippen LogP) is 4.16. The van der Waals surface area contributed by atoms with Crippen LogP contribution in [0.4, 0.5) is 26.0 Å². The van der Waals surface area contributed by atoms with Crippen LogP contribution >= 0.6 is 0 Å². The van der Waals surface area contributed by atoms with Crippen LogP contribution in [0.1, 0.15) is 27.3 Å². The lowest BCUT2D eigenvalue weighted by atomic mass is 10.0. The molecule has 37 heavy (non-hydrogen) atoms. The highest BCUT2D eigenvalue weighted by molar-refractivity contribution is 6.34. The summed E-state index contributed by atoms with van der Waals surface area (Å²) in [4.78, 5) is 39.9. The van der Waals surface area contributed by atoms with Crippen molar-refractivity contribution >= 4 is 46.7 Å². The number of carbonyl (C=O) groups excluding carboxylic acids is 2. The highest BCUT2D eigenvalue weighted by atomic mass is 19.2. The first-order valence-electron chi connectivity index (χ1n) is 11.1. The first-order chi connectivity index (χ1) is 18.0. The number of halogens is 2. The van der Waals surface area contributed by atoms with Gasteiger partial charge in [0.25, 0.3) is 11.8 Å². The van der Waals surface area contributed by atoms with Gasteiger partial charge in [-0.1, -0.05) is 24.3 Å². The van der Waals surface area contributed by atoms with E-state index in [-0.39, 0.29) is 29.7 Å². The van der Waals surface area contributed by atoms with Crippen LogP contribution in [0.5, 0.6) is 0 Å². The molecular formula is C26H19F2N7O2. The molecule has 11 heteroatoms. The van der Waals surface area contributed by atoms with Gasteiger partial charge in [-0.25, -0.2) is 18.7 Å². The minimum absolute atomic E-state index is 0.0535. The van der Waals surface area contributed by atoms with Crippen molar-refractivity contribution in [2.45, 2.75) is 0 Å². The normalized spacial score (nSPS) is 13.6. The molecule has 2 aromatic heterocycles. The number of anilines is 3. The number of hydrogen-bond donors (Lipinski definition) is 4. The maximum absolute atomic E-state index is 13.4. The van der Waals surface area contributed by atoms with Crippen molar-refractivity contribution in [2.24, 2.45) is 0 Å². The second-order valence-corrected chi connectivity index (χ2v) is 7.98. The van der Waals surface area contributed by atoms with E-state index in [4.69, 9.17) is 0 Å². The molecule has 0 atom stereocenters. The van der Waals surface area contributed by atoms with Gasteiger partial charge in [0, 0.05) is 29.5 Å². The summed E-state index contributed by atoms with van der Waals surface area (Å²) >= 11 is 0. The number of amides is 2. The molecule has 1 aliphatic rings. The molecule has 1 aliphatic heterocycles. The van der Waals surface area contributed by atoms with Gasteiger partial charge in [0.15, 0.2) is 11.6 Å². The molecule has 0 aliphatic carbocycles. The van der Waals surface area contributed by atoms with Crippen molar-refractivity contribution in [3.05, 3.63) is 102 Å². The van der Waals surface area contributed by atoms with E-state index in [9.17, 15) is 18.4 Å². The summed E-state index contributed by atoms with van der Waals surface area (Å²) in [6.45, 7) is 0.218. The Hall–Kier alpha value is -5.19. The van der Waals surface area contributed by atoms with Crippen LogP contribution in [-0.2, 0) is 4.79 Å². The standard InChI is InChI=1S/C26H19F2N7O2/c27-20-6-4-16(10-21(20)28)33-24-13-29-12-23(34-24)26(37)31-7-1-2-15-3-5-18-19(9-17-11-30-14-32-17)25(36)35-22(18)8-15/h1-6,8-14H,7H2,(H,30,32)(H,31,37)(H,33,34)(H,35,36). The van der Waals surface area contributed by atoms with Gasteiger partial charge >= 0.3 is 0 Å². The van der Waals surface area contributed by atoms with Gasteiger partial charge in [-0.2, -0.15) is 0 Å². The molecular weight excluding hydrogens is 480 g/mol. The van der Waals surface area contributed by atoms with Crippen LogP contribution in [0.2, 0.25) is 0 Å². The topological polar surface area (TPSA) is 125 Å². The number of aromatic amines is 1. The Morgan fingerprint density at radius 2 is 1.92 bits per heavy atom. The van der Waals surface area contributed by atoms with E-state index in [2.05, 4.69) is 35.9 Å². The van der Waals surface area contributed by atoms with Crippen LogP contribution in [0.15, 0.2) is 67.4 Å². The summed E-state index contributed by atoms with van der Waals surface area (Å²) in [5, 5.41) is 8.35. The lowest BCUT2D eigenvalue weighted by molar-refractivity contribution is -0.110. The van der Waals surface area contributed by atoms with Gasteiger partial charge in [-0.15, -0.1) is 0 Å². The third-order valence-electron chi connectivity index (χ3n) is 5.40. The Labute approximate surface area is 209 Å². The van der Waals surface area contributed by atoms with Crippen LogP contribution in [0, 0.1) is 11.6 Å². The summed E-state index contributed by atoms with van der Waals surface area (Å²) in [6.07, 6.45) is 11.2. The Morgan fingerprint density at radius 1 is 1.03 bits per heavy atom. The number of carbonyl (C=O) groups is 2. The van der Waals surface area contributed by atoms with E-state index < -0.39 is 17.5 Å². The third-order valence-corrected chi connectivity index (χ3v) is 5.40. The largest absolute Gasteiger partial charge is 0.347 e. The minimum atomic E-state index is -1.00. The smallest absolute Gasteiger partial charge is 0.271 e. The van der Waals surface area contributed by atoms with E-state index >= 15 is 0 Å². The molecule has 184 valence electrons. The van der Waals surface area contributed by atoms with E-state index in [1.807, 2.05) is 24.3 Å². The van der Waals surface area contributed by atoms with Crippen molar-refractivity contribution < 1.29 is 18.4 Å². The number of rotatable bonds is 7. The predicted molar refractivity (Wildman–Crippen MR) is 135 cm³/mol. The minimum Gasteiger partial charge on any atom is -0.347 e. The molecule has 3 heterocycles. The Morgan fingerprint density at radius 3 is 2.73 bits per heavy atom. The lowest BCUT2D eigenvalue weighted by Crippen LogP contribution is -2.24. The summed E-state index contributed by atoms with van der Waals surface area (Å²) in [5.74, 6) is -2.42. The van der Waals surface area contributed by atoms with Crippen molar-refractivity contribution in [2.75, 3.05) is 17.2 Å². The zero-order valence-corrected chi connectivity index (χ0v) is 19.1. The molecule has 0 bridgehead atoms. The fraction of sp³-hybridized carbons (Fsp3) is 0.0385. The number of benzene rings is 2. The maximum Gasteiger partial charge on any atom is 0.271 e. The number of fused-ring (bicyclic) bond motifs is 1. The van der Waals surface area contributed by atoms with Crippen LogP contribution in [-0.4, -0.2) is 38.3 Å². The molecule has 2 amide bonds. The quantitative estimate of drug-likeness (QED) is 0.283. The van der Waals surface area contributed by atoms with Gasteiger partial charge in [-0.3, -0.25) is 14.6 Å². The number of nitrogens with one attached hydrogen (secondary N) is 4. The molecule has 0 saturated heterocycles. The monoisotopic (exact) mass is 499 g/mol. The molecule has 0 saturated carbocycles. The molecule has 0 unspecified atom stereocenters. The van der Waals surface area contributed by atoms with Crippen molar-refractivity contribution in [1.82, 2.24) is 25.3 Å². The second-order valence-electron chi connectivity index (χ2n) is 7.98. The van der Waals surface area contributed by atoms with E-state index in [0.29, 0.717) is 11.3 Å². The Kier molecular flexibility index (Phi) is 6.49. The Balaban J connectivity index is 1.19. The van der Waals surface area contributed by atoms with Crippen LogP contribution in [0.25, 0.3) is 17.7 Å². The molecule has 0 radical (unpaired) electrons. The number of H-pyrrole nitrogens is 1. The number of nitrogens with zero attached hydrogens (tertiary/aromatic N) is 3. The summed E-state index contributed by atoms with van der Waals surface area (Å²) in [7, 11) is 0. The highest BCUT2D eigenvalue weighted by Crippen LogP contribution is 2.33. The molecule has 0 fully saturated rings. The van der Waals surface area contributed by atoms with Gasteiger partial charge in [0.05, 0.1) is 36.2 Å². The first kappa shape index (κ1) is 23.5.